The van der Waals surface area contributed by atoms with E-state index in [1.165, 1.54) is 17.8 Å². The number of rotatable bonds is 5. The van der Waals surface area contributed by atoms with E-state index in [-0.39, 0.29) is 17.3 Å². The fraction of sp³-hybridized carbons (Fsp3) is 0.333. The average Bonchev–Trinajstić information content (AvgIpc) is 2.74. The minimum atomic E-state index is -0.418. The highest BCUT2D eigenvalue weighted by molar-refractivity contribution is 7.99. The number of nitrogens with zero attached hydrogens (tertiary/aromatic N) is 1. The zero-order chi connectivity index (χ0) is 15.4. The second kappa shape index (κ2) is 6.76. The zero-order valence-electron chi connectivity index (χ0n) is 12.2. The number of thioether (sulfide) groups is 1. The van der Waals surface area contributed by atoms with Crippen molar-refractivity contribution in [3.63, 3.8) is 0 Å². The van der Waals surface area contributed by atoms with Crippen molar-refractivity contribution in [2.75, 3.05) is 11.1 Å². The van der Waals surface area contributed by atoms with Crippen molar-refractivity contribution in [2.24, 2.45) is 0 Å². The highest BCUT2D eigenvalue weighted by Crippen LogP contribution is 2.20. The Balaban J connectivity index is 1.85. The quantitative estimate of drug-likeness (QED) is 0.916. The van der Waals surface area contributed by atoms with E-state index in [2.05, 4.69) is 10.5 Å². The molecule has 0 bridgehead atoms. The first kappa shape index (κ1) is 15.6. The standard InChI is InChI=1S/C15H17FN2O2S/c1-9-4-5-14(13(16)6-9)17-15(19)8-21-7-12-10(2)18-20-11(12)3/h4-6H,7-8H2,1-3H3,(H,17,19). The minimum Gasteiger partial charge on any atom is -0.361 e. The van der Waals surface area contributed by atoms with Crippen LogP contribution in [0.25, 0.3) is 0 Å². The summed E-state index contributed by atoms with van der Waals surface area (Å²) in [5, 5.41) is 6.44. The average molecular weight is 308 g/mol. The van der Waals surface area contributed by atoms with Crippen LogP contribution in [0, 0.1) is 26.6 Å². The van der Waals surface area contributed by atoms with Crippen molar-refractivity contribution < 1.29 is 13.7 Å². The topological polar surface area (TPSA) is 55.1 Å². The lowest BCUT2D eigenvalue weighted by atomic mass is 10.2. The molecular weight excluding hydrogens is 291 g/mol. The van der Waals surface area contributed by atoms with Crippen LogP contribution in [0.3, 0.4) is 0 Å². The first-order valence-corrected chi connectivity index (χ1v) is 7.68. The van der Waals surface area contributed by atoms with Crippen LogP contribution in [0.2, 0.25) is 0 Å². The van der Waals surface area contributed by atoms with E-state index in [9.17, 15) is 9.18 Å². The van der Waals surface area contributed by atoms with Gasteiger partial charge in [-0.2, -0.15) is 0 Å². The molecule has 0 spiro atoms. The van der Waals surface area contributed by atoms with Crippen LogP contribution in [0.1, 0.15) is 22.6 Å². The van der Waals surface area contributed by atoms with Crippen molar-refractivity contribution in [2.45, 2.75) is 26.5 Å². The third-order valence-electron chi connectivity index (χ3n) is 3.06. The molecular formula is C15H17FN2O2S. The number of aromatic nitrogens is 1. The summed E-state index contributed by atoms with van der Waals surface area (Å²) in [4.78, 5) is 11.8. The monoisotopic (exact) mass is 308 g/mol. The van der Waals surface area contributed by atoms with Crippen LogP contribution < -0.4 is 5.32 Å². The molecule has 2 aromatic rings. The van der Waals surface area contributed by atoms with Crippen LogP contribution in [0.4, 0.5) is 10.1 Å². The number of benzene rings is 1. The summed E-state index contributed by atoms with van der Waals surface area (Å²) in [5.74, 6) is 1.01. The van der Waals surface area contributed by atoms with Crippen LogP contribution in [-0.4, -0.2) is 16.8 Å². The van der Waals surface area contributed by atoms with E-state index in [1.807, 2.05) is 13.8 Å². The summed E-state index contributed by atoms with van der Waals surface area (Å²) < 4.78 is 18.7. The molecule has 112 valence electrons. The molecule has 0 saturated heterocycles. The molecule has 4 nitrogen and oxygen atoms in total. The van der Waals surface area contributed by atoms with Gasteiger partial charge in [0.1, 0.15) is 11.6 Å². The molecule has 1 aromatic heterocycles. The first-order valence-electron chi connectivity index (χ1n) is 6.53. The Bertz CT molecular complexity index is 636. The molecule has 1 N–H and O–H groups in total. The summed E-state index contributed by atoms with van der Waals surface area (Å²) in [5.41, 5.74) is 2.88. The second-order valence-electron chi connectivity index (χ2n) is 4.83. The largest absolute Gasteiger partial charge is 0.361 e. The SMILES string of the molecule is Cc1ccc(NC(=O)CSCc2c(C)noc2C)c(F)c1. The number of carbonyl (C=O) groups is 1. The summed E-state index contributed by atoms with van der Waals surface area (Å²) in [6, 6.07) is 4.73. The summed E-state index contributed by atoms with van der Waals surface area (Å²) in [6.45, 7) is 5.51. The number of hydrogen-bond donors (Lipinski definition) is 1. The second-order valence-corrected chi connectivity index (χ2v) is 5.81. The highest BCUT2D eigenvalue weighted by atomic mass is 32.2. The zero-order valence-corrected chi connectivity index (χ0v) is 13.0. The van der Waals surface area contributed by atoms with E-state index in [0.717, 1.165) is 22.6 Å². The third kappa shape index (κ3) is 4.07. The molecule has 1 amide bonds. The van der Waals surface area contributed by atoms with Gasteiger partial charge in [-0.15, -0.1) is 11.8 Å². The number of nitrogens with one attached hydrogen (secondary N) is 1. The van der Waals surface area contributed by atoms with E-state index >= 15 is 0 Å². The van der Waals surface area contributed by atoms with Crippen LogP contribution in [0.5, 0.6) is 0 Å². The number of anilines is 1. The van der Waals surface area contributed by atoms with Gasteiger partial charge >= 0.3 is 0 Å². The van der Waals surface area contributed by atoms with Gasteiger partial charge in [-0.3, -0.25) is 4.79 Å². The Labute approximate surface area is 127 Å². The molecule has 6 heteroatoms. The smallest absolute Gasteiger partial charge is 0.234 e. The first-order chi connectivity index (χ1) is 9.97. The van der Waals surface area contributed by atoms with Gasteiger partial charge in [-0.05, 0) is 38.5 Å². The van der Waals surface area contributed by atoms with Gasteiger partial charge in [0, 0.05) is 11.3 Å². The molecule has 0 atom stereocenters. The molecule has 0 aliphatic carbocycles. The lowest BCUT2D eigenvalue weighted by molar-refractivity contribution is -0.113. The molecule has 0 saturated carbocycles. The summed E-state index contributed by atoms with van der Waals surface area (Å²) >= 11 is 1.44. The van der Waals surface area contributed by atoms with Crippen molar-refractivity contribution >= 4 is 23.4 Å². The van der Waals surface area contributed by atoms with Gasteiger partial charge in [0.2, 0.25) is 5.91 Å². The van der Waals surface area contributed by atoms with Crippen molar-refractivity contribution in [3.05, 3.63) is 46.6 Å². The maximum atomic E-state index is 13.6. The van der Waals surface area contributed by atoms with Crippen LogP contribution in [-0.2, 0) is 10.5 Å². The predicted molar refractivity (Wildman–Crippen MR) is 81.9 cm³/mol. The molecule has 1 aromatic carbocycles. The minimum absolute atomic E-state index is 0.212. The van der Waals surface area contributed by atoms with Crippen LogP contribution >= 0.6 is 11.8 Å². The van der Waals surface area contributed by atoms with E-state index in [1.54, 1.807) is 19.1 Å². The van der Waals surface area contributed by atoms with E-state index in [4.69, 9.17) is 4.52 Å². The number of carbonyl (C=O) groups excluding carboxylic acids is 1. The molecule has 0 aliphatic rings. The van der Waals surface area contributed by atoms with Gasteiger partial charge < -0.3 is 9.84 Å². The Morgan fingerprint density at radius 3 is 2.76 bits per heavy atom. The predicted octanol–water partition coefficient (Wildman–Crippen LogP) is 3.61. The maximum absolute atomic E-state index is 13.6. The summed E-state index contributed by atoms with van der Waals surface area (Å²) in [6.07, 6.45) is 0. The number of aryl methyl sites for hydroxylation is 3. The summed E-state index contributed by atoms with van der Waals surface area (Å²) in [7, 11) is 0. The Kier molecular flexibility index (Phi) is 5.01. The van der Waals surface area contributed by atoms with Crippen molar-refractivity contribution in [1.29, 1.82) is 0 Å². The third-order valence-corrected chi connectivity index (χ3v) is 4.02. The lowest BCUT2D eigenvalue weighted by Gasteiger charge is -2.07. The van der Waals surface area contributed by atoms with Gasteiger partial charge in [-0.1, -0.05) is 11.2 Å². The van der Waals surface area contributed by atoms with Gasteiger partial charge in [0.25, 0.3) is 0 Å². The van der Waals surface area contributed by atoms with E-state index in [0.29, 0.717) is 5.75 Å². The Morgan fingerprint density at radius 1 is 1.38 bits per heavy atom. The van der Waals surface area contributed by atoms with Gasteiger partial charge in [0.05, 0.1) is 17.1 Å². The molecule has 0 radical (unpaired) electrons. The fourth-order valence-corrected chi connectivity index (χ4v) is 2.84. The normalized spacial score (nSPS) is 10.7. The fourth-order valence-electron chi connectivity index (χ4n) is 1.86. The lowest BCUT2D eigenvalue weighted by Crippen LogP contribution is -2.15. The van der Waals surface area contributed by atoms with Crippen molar-refractivity contribution in [1.82, 2.24) is 5.16 Å². The molecule has 2 rings (SSSR count). The molecule has 0 aliphatic heterocycles. The van der Waals surface area contributed by atoms with Gasteiger partial charge in [0.15, 0.2) is 0 Å². The van der Waals surface area contributed by atoms with Crippen molar-refractivity contribution in [3.8, 4) is 0 Å². The maximum Gasteiger partial charge on any atom is 0.234 e. The molecule has 21 heavy (non-hydrogen) atoms. The Hall–Kier alpha value is -1.82. The van der Waals surface area contributed by atoms with E-state index < -0.39 is 5.82 Å². The molecule has 0 fully saturated rings. The number of amides is 1. The molecule has 0 unspecified atom stereocenters. The Morgan fingerprint density at radius 2 is 2.14 bits per heavy atom. The number of hydrogen-bond acceptors (Lipinski definition) is 4. The molecule has 1 heterocycles. The number of halogens is 1. The van der Waals surface area contributed by atoms with Crippen LogP contribution in [0.15, 0.2) is 22.7 Å². The van der Waals surface area contributed by atoms with Gasteiger partial charge in [-0.25, -0.2) is 4.39 Å². The highest BCUT2D eigenvalue weighted by Gasteiger charge is 2.11.